The summed E-state index contributed by atoms with van der Waals surface area (Å²) < 4.78 is 49.4. The van der Waals surface area contributed by atoms with E-state index in [9.17, 15) is 17.6 Å². The zero-order valence-corrected chi connectivity index (χ0v) is 7.24. The van der Waals surface area contributed by atoms with Gasteiger partial charge in [0.05, 0.1) is 12.1 Å². The van der Waals surface area contributed by atoms with Gasteiger partial charge in [0, 0.05) is 5.56 Å². The van der Waals surface area contributed by atoms with Gasteiger partial charge in [0.2, 0.25) is 0 Å². The molecule has 0 aromatic heterocycles. The number of benzene rings is 1. The van der Waals surface area contributed by atoms with Crippen molar-refractivity contribution in [3.8, 4) is 0 Å². The highest BCUT2D eigenvalue weighted by Crippen LogP contribution is 2.31. The third-order valence-corrected chi connectivity index (χ3v) is 1.72. The minimum absolute atomic E-state index is 0.295. The van der Waals surface area contributed by atoms with Gasteiger partial charge in [-0.15, -0.1) is 0 Å². The Labute approximate surface area is 78.7 Å². The van der Waals surface area contributed by atoms with Crippen LogP contribution in [0.25, 0.3) is 0 Å². The number of hydrogen-bond donors (Lipinski definition) is 1. The molecule has 1 nitrogen and oxygen atoms in total. The van der Waals surface area contributed by atoms with Gasteiger partial charge in [0.25, 0.3) is 0 Å². The Kier molecular flexibility index (Phi) is 3.10. The van der Waals surface area contributed by atoms with Crippen molar-refractivity contribution in [2.24, 2.45) is 0 Å². The first-order valence-corrected chi connectivity index (χ1v) is 3.91. The van der Waals surface area contributed by atoms with E-state index < -0.39 is 17.6 Å². The molecule has 0 spiro atoms. The van der Waals surface area contributed by atoms with Crippen LogP contribution in [0.15, 0.2) is 18.2 Å². The van der Waals surface area contributed by atoms with E-state index in [1.165, 1.54) is 11.4 Å². The second kappa shape index (κ2) is 3.96. The van der Waals surface area contributed by atoms with Crippen LogP contribution in [0.4, 0.5) is 17.6 Å². The van der Waals surface area contributed by atoms with E-state index in [-0.39, 0.29) is 0 Å². The van der Waals surface area contributed by atoms with Crippen molar-refractivity contribution in [1.29, 1.82) is 0 Å². The average Bonchev–Trinajstić information content (AvgIpc) is 2.07. The maximum Gasteiger partial charge on any atom is 0.419 e. The van der Waals surface area contributed by atoms with Gasteiger partial charge in [-0.1, -0.05) is 6.07 Å². The largest absolute Gasteiger partial charge is 0.475 e. The molecule has 1 aromatic rings. The molecule has 0 amide bonds. The van der Waals surface area contributed by atoms with Crippen molar-refractivity contribution in [3.05, 3.63) is 42.2 Å². The first-order valence-electron chi connectivity index (χ1n) is 3.91. The lowest BCUT2D eigenvalue weighted by molar-refractivity contribution is -0.612. The van der Waals surface area contributed by atoms with Crippen molar-refractivity contribution in [1.82, 2.24) is 0 Å². The van der Waals surface area contributed by atoms with E-state index in [1.807, 2.05) is 0 Å². The quantitative estimate of drug-likeness (QED) is 0.561. The lowest BCUT2D eigenvalue weighted by Crippen LogP contribution is -2.74. The van der Waals surface area contributed by atoms with E-state index in [4.69, 9.17) is 0 Å². The van der Waals surface area contributed by atoms with Crippen LogP contribution in [0.5, 0.6) is 0 Å². The van der Waals surface area contributed by atoms with Crippen LogP contribution in [0, 0.1) is 12.9 Å². The molecule has 0 unspecified atom stereocenters. The fourth-order valence-corrected chi connectivity index (χ4v) is 1.08. The summed E-state index contributed by atoms with van der Waals surface area (Å²) in [6.07, 6.45) is -4.64. The van der Waals surface area contributed by atoms with Gasteiger partial charge < -0.3 is 5.32 Å². The van der Waals surface area contributed by atoms with E-state index >= 15 is 0 Å². The molecule has 78 valence electrons. The van der Waals surface area contributed by atoms with Crippen LogP contribution >= 0.6 is 0 Å². The Morgan fingerprint density at radius 2 is 1.93 bits per heavy atom. The van der Waals surface area contributed by atoms with Crippen LogP contribution < -0.4 is 5.32 Å². The van der Waals surface area contributed by atoms with Crippen molar-refractivity contribution in [2.75, 3.05) is 0 Å². The molecule has 1 rings (SSSR count). The maximum atomic E-state index is 12.8. The van der Waals surface area contributed by atoms with E-state index in [0.29, 0.717) is 12.1 Å². The first kappa shape index (κ1) is 11.0. The minimum atomic E-state index is -4.64. The highest BCUT2D eigenvalue weighted by Gasteiger charge is 2.34. The predicted molar refractivity (Wildman–Crippen MR) is 42.4 cm³/mol. The standard InChI is InChI=1S/C9H9F4N/c1-14-5-6-2-3-8(10)7(4-6)9(11,12)13/h2-4H,1,5,14H2. The van der Waals surface area contributed by atoms with E-state index in [0.717, 1.165) is 12.1 Å². The summed E-state index contributed by atoms with van der Waals surface area (Å²) in [6.45, 7) is 0.295. The molecule has 0 aliphatic heterocycles. The van der Waals surface area contributed by atoms with Gasteiger partial charge in [0.1, 0.15) is 5.82 Å². The number of halogens is 4. The molecule has 0 aliphatic carbocycles. The van der Waals surface area contributed by atoms with E-state index in [1.54, 1.807) is 0 Å². The second-order valence-electron chi connectivity index (χ2n) is 2.80. The highest BCUT2D eigenvalue weighted by atomic mass is 19.4. The van der Waals surface area contributed by atoms with Crippen molar-refractivity contribution in [2.45, 2.75) is 12.7 Å². The smallest absolute Gasteiger partial charge is 0.419 e. The highest BCUT2D eigenvalue weighted by molar-refractivity contribution is 5.26. The molecule has 0 aliphatic rings. The normalized spacial score (nSPS) is 11.8. The topological polar surface area (TPSA) is 16.6 Å². The molecule has 2 N–H and O–H groups in total. The predicted octanol–water partition coefficient (Wildman–Crippen LogP) is 1.70. The lowest BCUT2D eigenvalue weighted by Gasteiger charge is -2.09. The number of rotatable bonds is 2. The Bertz CT molecular complexity index is 319. The van der Waals surface area contributed by atoms with Crippen LogP contribution in [-0.2, 0) is 12.7 Å². The summed E-state index contributed by atoms with van der Waals surface area (Å²) in [5.74, 6) is -1.25. The lowest BCUT2D eigenvalue weighted by atomic mass is 10.1. The summed E-state index contributed by atoms with van der Waals surface area (Å²) in [7, 11) is 3.40. The van der Waals surface area contributed by atoms with Gasteiger partial charge in [0.15, 0.2) is 0 Å². The van der Waals surface area contributed by atoms with Crippen LogP contribution in [0.2, 0.25) is 0 Å². The van der Waals surface area contributed by atoms with Crippen molar-refractivity contribution >= 4 is 0 Å². The fraction of sp³-hybridized carbons (Fsp3) is 0.222. The van der Waals surface area contributed by atoms with Crippen molar-refractivity contribution in [3.63, 3.8) is 0 Å². The Balaban J connectivity index is 3.09. The number of hydrogen-bond acceptors (Lipinski definition) is 0. The SMILES string of the molecule is [CH2-][NH2+]Cc1ccc(F)c(C(F)(F)F)c1. The summed E-state index contributed by atoms with van der Waals surface area (Å²) in [5, 5.41) is 1.47. The Morgan fingerprint density at radius 3 is 2.43 bits per heavy atom. The van der Waals surface area contributed by atoms with Crippen molar-refractivity contribution < 1.29 is 22.9 Å². The summed E-state index contributed by atoms with van der Waals surface area (Å²) >= 11 is 0. The molecule has 0 saturated heterocycles. The minimum Gasteiger partial charge on any atom is -0.475 e. The van der Waals surface area contributed by atoms with Gasteiger partial charge in [-0.3, -0.25) is 0 Å². The number of quaternary nitrogens is 1. The molecule has 0 bridgehead atoms. The summed E-state index contributed by atoms with van der Waals surface area (Å²) in [4.78, 5) is 0. The number of nitrogens with two attached hydrogens (primary N) is 1. The molecule has 0 atom stereocenters. The third kappa shape index (κ3) is 2.45. The maximum absolute atomic E-state index is 12.8. The fourth-order valence-electron chi connectivity index (χ4n) is 1.08. The molecule has 0 fully saturated rings. The summed E-state index contributed by atoms with van der Waals surface area (Å²) in [6, 6.07) is 2.94. The van der Waals surface area contributed by atoms with Gasteiger partial charge in [-0.25, -0.2) is 4.39 Å². The molecule has 0 radical (unpaired) electrons. The van der Waals surface area contributed by atoms with Gasteiger partial charge >= 0.3 is 6.18 Å². The molecule has 1 aromatic carbocycles. The van der Waals surface area contributed by atoms with Crippen LogP contribution in [0.3, 0.4) is 0 Å². The Morgan fingerprint density at radius 1 is 1.29 bits per heavy atom. The Hall–Kier alpha value is -1.10. The molecular formula is C9H9F4N. The molecule has 0 heterocycles. The molecule has 14 heavy (non-hydrogen) atoms. The van der Waals surface area contributed by atoms with Crippen LogP contribution in [-0.4, -0.2) is 0 Å². The average molecular weight is 207 g/mol. The third-order valence-electron chi connectivity index (χ3n) is 1.72. The van der Waals surface area contributed by atoms with Gasteiger partial charge in [-0.05, 0) is 12.1 Å². The monoisotopic (exact) mass is 207 g/mol. The first-order chi connectivity index (χ1) is 6.45. The molecule has 0 saturated carbocycles. The molecular weight excluding hydrogens is 198 g/mol. The second-order valence-corrected chi connectivity index (χ2v) is 2.80. The van der Waals surface area contributed by atoms with Gasteiger partial charge in [-0.2, -0.15) is 20.2 Å². The summed E-state index contributed by atoms with van der Waals surface area (Å²) in [5.41, 5.74) is -0.828. The van der Waals surface area contributed by atoms with E-state index in [2.05, 4.69) is 7.05 Å². The number of alkyl halides is 3. The zero-order valence-electron chi connectivity index (χ0n) is 7.24. The van der Waals surface area contributed by atoms with Crippen LogP contribution in [0.1, 0.15) is 11.1 Å². The zero-order chi connectivity index (χ0) is 10.8. The molecule has 5 heteroatoms.